The number of halogens is 3. The van der Waals surface area contributed by atoms with E-state index in [1.165, 1.54) is 6.92 Å². The molecule has 7 nitrogen and oxygen atoms in total. The summed E-state index contributed by atoms with van der Waals surface area (Å²) in [5.41, 5.74) is -0.903. The number of esters is 1. The van der Waals surface area contributed by atoms with Crippen LogP contribution >= 0.6 is 34.8 Å². The number of carbonyl (C=O) groups is 2. The number of nitrogens with one attached hydrogen (secondary N) is 1. The Balaban J connectivity index is 2.23. The van der Waals surface area contributed by atoms with Crippen molar-refractivity contribution in [2.45, 2.75) is 47.0 Å². The standard InChI is InChI=1S/C19H24Cl3NO6S/c1-11-12(2)16(23-18(25)28-10-19(20,21)22)17(29-15(11)9-27-13(3)24)30(26)14-7-5-4-6-8-14/h4-8,11-12,15-17H,9-10H2,1-3H3,(H,23,25)/t11-,12-,15?,16?,17-,30?/m0/s1. The van der Waals surface area contributed by atoms with Gasteiger partial charge in [-0.15, -0.1) is 0 Å². The summed E-state index contributed by atoms with van der Waals surface area (Å²) in [7, 11) is -1.62. The van der Waals surface area contributed by atoms with E-state index < -0.39 is 50.8 Å². The Morgan fingerprint density at radius 2 is 1.77 bits per heavy atom. The number of hydrogen-bond donors (Lipinski definition) is 1. The van der Waals surface area contributed by atoms with Crippen molar-refractivity contribution in [2.75, 3.05) is 13.2 Å². The highest BCUT2D eigenvalue weighted by atomic mass is 35.6. The molecular formula is C19H24Cl3NO6S. The second kappa shape index (κ2) is 11.0. The van der Waals surface area contributed by atoms with Crippen LogP contribution in [-0.4, -0.2) is 50.9 Å². The Labute approximate surface area is 193 Å². The van der Waals surface area contributed by atoms with Crippen molar-refractivity contribution >= 4 is 57.7 Å². The molecule has 1 aromatic rings. The zero-order chi connectivity index (χ0) is 22.5. The molecule has 30 heavy (non-hydrogen) atoms. The molecule has 2 rings (SSSR count). The molecule has 1 amide bonds. The molecule has 11 heteroatoms. The zero-order valence-corrected chi connectivity index (χ0v) is 19.8. The fraction of sp³-hybridized carbons (Fsp3) is 0.579. The average Bonchev–Trinajstić information content (AvgIpc) is 2.69. The molecule has 0 spiro atoms. The summed E-state index contributed by atoms with van der Waals surface area (Å²) in [6, 6.07) is 8.09. The number of alkyl carbamates (subject to hydrolysis) is 1. The van der Waals surface area contributed by atoms with Gasteiger partial charge in [-0.25, -0.2) is 4.79 Å². The van der Waals surface area contributed by atoms with Gasteiger partial charge < -0.3 is 19.5 Å². The predicted octanol–water partition coefficient (Wildman–Crippen LogP) is 3.82. The number of rotatable bonds is 6. The van der Waals surface area contributed by atoms with E-state index >= 15 is 0 Å². The monoisotopic (exact) mass is 499 g/mol. The van der Waals surface area contributed by atoms with Crippen molar-refractivity contribution in [3.63, 3.8) is 0 Å². The lowest BCUT2D eigenvalue weighted by Gasteiger charge is -2.44. The summed E-state index contributed by atoms with van der Waals surface area (Å²) in [6.07, 6.45) is -1.31. The topological polar surface area (TPSA) is 90.9 Å². The molecule has 1 saturated heterocycles. The Morgan fingerprint density at radius 1 is 1.13 bits per heavy atom. The quantitative estimate of drug-likeness (QED) is 0.472. The summed E-state index contributed by atoms with van der Waals surface area (Å²) in [4.78, 5) is 24.0. The first kappa shape index (κ1) is 25.2. The van der Waals surface area contributed by atoms with Crippen LogP contribution < -0.4 is 5.32 Å². The van der Waals surface area contributed by atoms with Gasteiger partial charge in [-0.2, -0.15) is 0 Å². The summed E-state index contributed by atoms with van der Waals surface area (Å²) in [6.45, 7) is 4.68. The van der Waals surface area contributed by atoms with Crippen LogP contribution in [0.3, 0.4) is 0 Å². The first-order valence-electron chi connectivity index (χ1n) is 9.24. The molecule has 0 aliphatic carbocycles. The molecule has 0 saturated carbocycles. The SMILES string of the molecule is CC(=O)OCC1O[C@@H](S(=O)c2ccccc2)C(NC(=O)OCC(Cl)(Cl)Cl)[C@@H](C)[C@@H]1C. The normalized spacial score (nSPS) is 27.7. The van der Waals surface area contributed by atoms with Gasteiger partial charge in [0.05, 0.1) is 22.9 Å². The van der Waals surface area contributed by atoms with Crippen molar-refractivity contribution in [1.82, 2.24) is 5.32 Å². The van der Waals surface area contributed by atoms with E-state index in [4.69, 9.17) is 49.0 Å². The first-order chi connectivity index (χ1) is 14.0. The lowest BCUT2D eigenvalue weighted by Crippen LogP contribution is -2.59. The van der Waals surface area contributed by atoms with Crippen LogP contribution in [0.2, 0.25) is 0 Å². The average molecular weight is 501 g/mol. The van der Waals surface area contributed by atoms with Gasteiger partial charge in [0.1, 0.15) is 13.2 Å². The van der Waals surface area contributed by atoms with Crippen LogP contribution in [-0.2, 0) is 29.8 Å². The molecule has 1 N–H and O–H groups in total. The smallest absolute Gasteiger partial charge is 0.407 e. The minimum atomic E-state index is -1.75. The highest BCUT2D eigenvalue weighted by Gasteiger charge is 2.45. The fourth-order valence-electron chi connectivity index (χ4n) is 3.08. The first-order valence-corrected chi connectivity index (χ1v) is 11.6. The maximum Gasteiger partial charge on any atom is 0.407 e. The minimum Gasteiger partial charge on any atom is -0.463 e. The van der Waals surface area contributed by atoms with Crippen LogP contribution in [0.1, 0.15) is 20.8 Å². The molecule has 1 aromatic carbocycles. The van der Waals surface area contributed by atoms with Crippen LogP contribution in [0.25, 0.3) is 0 Å². The number of carbonyl (C=O) groups excluding carboxylic acids is 2. The molecule has 3 unspecified atom stereocenters. The fourth-order valence-corrected chi connectivity index (χ4v) is 4.76. The Bertz CT molecular complexity index is 760. The van der Waals surface area contributed by atoms with E-state index in [1.54, 1.807) is 30.3 Å². The molecular weight excluding hydrogens is 477 g/mol. The number of amides is 1. The van der Waals surface area contributed by atoms with Crippen LogP contribution in [0.15, 0.2) is 35.2 Å². The summed E-state index contributed by atoms with van der Waals surface area (Å²) in [5.74, 6) is -0.737. The van der Waals surface area contributed by atoms with Gasteiger partial charge in [0.2, 0.25) is 3.79 Å². The highest BCUT2D eigenvalue weighted by Crippen LogP contribution is 2.34. The Kier molecular flexibility index (Phi) is 9.24. The van der Waals surface area contributed by atoms with Gasteiger partial charge in [-0.05, 0) is 24.0 Å². The second-order valence-corrected chi connectivity index (χ2v) is 11.1. The molecule has 1 heterocycles. The molecule has 1 fully saturated rings. The Hall–Kier alpha value is -1.06. The molecule has 1 aliphatic rings. The summed E-state index contributed by atoms with van der Waals surface area (Å²) < 4.78 is 27.7. The van der Waals surface area contributed by atoms with Gasteiger partial charge in [0, 0.05) is 11.8 Å². The van der Waals surface area contributed by atoms with Gasteiger partial charge in [0.25, 0.3) is 0 Å². The maximum atomic E-state index is 13.3. The van der Waals surface area contributed by atoms with Crippen LogP contribution in [0, 0.1) is 11.8 Å². The number of benzene rings is 1. The van der Waals surface area contributed by atoms with E-state index in [-0.39, 0.29) is 18.4 Å². The van der Waals surface area contributed by atoms with Crippen molar-refractivity contribution < 1.29 is 28.0 Å². The Morgan fingerprint density at radius 3 is 2.33 bits per heavy atom. The zero-order valence-electron chi connectivity index (χ0n) is 16.7. The summed E-state index contributed by atoms with van der Waals surface area (Å²) >= 11 is 16.9. The van der Waals surface area contributed by atoms with Gasteiger partial charge in [-0.1, -0.05) is 66.8 Å². The number of hydrogen-bond acceptors (Lipinski definition) is 6. The molecule has 0 bridgehead atoms. The van der Waals surface area contributed by atoms with Crippen LogP contribution in [0.5, 0.6) is 0 Å². The van der Waals surface area contributed by atoms with E-state index in [9.17, 15) is 13.8 Å². The van der Waals surface area contributed by atoms with Crippen molar-refractivity contribution in [3.8, 4) is 0 Å². The molecule has 0 radical (unpaired) electrons. The van der Waals surface area contributed by atoms with E-state index in [1.807, 2.05) is 13.8 Å². The van der Waals surface area contributed by atoms with E-state index in [2.05, 4.69) is 5.32 Å². The van der Waals surface area contributed by atoms with Gasteiger partial charge >= 0.3 is 12.1 Å². The van der Waals surface area contributed by atoms with E-state index in [0.29, 0.717) is 4.90 Å². The third-order valence-electron chi connectivity index (χ3n) is 4.87. The number of ether oxygens (including phenoxy) is 3. The lowest BCUT2D eigenvalue weighted by molar-refractivity contribution is -0.154. The molecule has 6 atom stereocenters. The van der Waals surface area contributed by atoms with Crippen molar-refractivity contribution in [2.24, 2.45) is 11.8 Å². The maximum absolute atomic E-state index is 13.3. The van der Waals surface area contributed by atoms with Crippen LogP contribution in [0.4, 0.5) is 4.79 Å². The largest absolute Gasteiger partial charge is 0.463 e. The lowest BCUT2D eigenvalue weighted by atomic mass is 9.83. The minimum absolute atomic E-state index is 0.0216. The predicted molar refractivity (Wildman–Crippen MR) is 115 cm³/mol. The van der Waals surface area contributed by atoms with Crippen molar-refractivity contribution in [1.29, 1.82) is 0 Å². The van der Waals surface area contributed by atoms with Gasteiger partial charge in [-0.3, -0.25) is 9.00 Å². The highest BCUT2D eigenvalue weighted by molar-refractivity contribution is 7.85. The van der Waals surface area contributed by atoms with Crippen molar-refractivity contribution in [3.05, 3.63) is 30.3 Å². The van der Waals surface area contributed by atoms with E-state index in [0.717, 1.165) is 0 Å². The second-order valence-electron chi connectivity index (χ2n) is 7.04. The molecule has 168 valence electrons. The summed E-state index contributed by atoms with van der Waals surface area (Å²) in [5, 5.41) is 2.69. The van der Waals surface area contributed by atoms with Gasteiger partial charge in [0.15, 0.2) is 5.44 Å². The third kappa shape index (κ3) is 7.27. The number of alkyl halides is 3. The third-order valence-corrected chi connectivity index (χ3v) is 6.76. The molecule has 0 aromatic heterocycles. The molecule has 1 aliphatic heterocycles.